The van der Waals surface area contributed by atoms with Gasteiger partial charge in [0.25, 0.3) is 0 Å². The maximum absolute atomic E-state index is 12.0. The minimum Gasteiger partial charge on any atom is -0.390 e. The first kappa shape index (κ1) is 15.5. The topological polar surface area (TPSA) is 106 Å². The van der Waals surface area contributed by atoms with E-state index in [1.807, 2.05) is 20.8 Å². The summed E-state index contributed by atoms with van der Waals surface area (Å²) in [6, 6.07) is 0. The normalized spacial score (nSPS) is 11.1. The number of anilines is 1. The average Bonchev–Trinajstić information content (AvgIpc) is 3.04. The Morgan fingerprint density at radius 1 is 1.38 bits per heavy atom. The number of carbonyl (C=O) groups is 1. The van der Waals surface area contributed by atoms with Gasteiger partial charge in [0.2, 0.25) is 11.0 Å². The third-order valence-corrected chi connectivity index (χ3v) is 3.84. The number of carbonyl (C=O) groups excluding carboxylic acids is 1. The van der Waals surface area contributed by atoms with Crippen LogP contribution in [0, 0.1) is 0 Å². The molecule has 2 aromatic rings. The molecule has 9 heteroatoms. The predicted molar refractivity (Wildman–Crippen MR) is 78.0 cm³/mol. The Morgan fingerprint density at radius 3 is 2.71 bits per heavy atom. The maximum atomic E-state index is 12.0. The number of hydrogen-bond acceptors (Lipinski definition) is 7. The largest absolute Gasteiger partial charge is 0.390 e. The molecule has 0 aliphatic carbocycles. The van der Waals surface area contributed by atoms with Crippen molar-refractivity contribution in [1.29, 1.82) is 0 Å². The van der Waals surface area contributed by atoms with E-state index in [0.29, 0.717) is 10.8 Å². The molecule has 0 fully saturated rings. The molecular formula is C12H18N6O2S. The fourth-order valence-corrected chi connectivity index (χ4v) is 2.65. The maximum Gasteiger partial charge on any atom is 0.248 e. The van der Waals surface area contributed by atoms with Crippen LogP contribution in [0.5, 0.6) is 0 Å². The predicted octanol–water partition coefficient (Wildman–Crippen LogP) is 0.946. The van der Waals surface area contributed by atoms with Gasteiger partial charge in [0.05, 0.1) is 12.3 Å². The summed E-state index contributed by atoms with van der Waals surface area (Å²) in [5, 5.41) is 28.9. The SMILES string of the molecule is CCc1nnc(NC(=O)Cn2nnc(CO)c2C(C)C)s1. The molecule has 2 heterocycles. The first-order valence-electron chi connectivity index (χ1n) is 6.70. The van der Waals surface area contributed by atoms with Crippen molar-refractivity contribution in [2.75, 3.05) is 5.32 Å². The van der Waals surface area contributed by atoms with Crippen LogP contribution in [-0.2, 0) is 24.4 Å². The third kappa shape index (κ3) is 3.61. The highest BCUT2D eigenvalue weighted by atomic mass is 32.1. The van der Waals surface area contributed by atoms with Gasteiger partial charge in [-0.25, -0.2) is 4.68 Å². The van der Waals surface area contributed by atoms with Crippen molar-refractivity contribution in [2.45, 2.75) is 46.3 Å². The van der Waals surface area contributed by atoms with E-state index in [0.717, 1.165) is 17.1 Å². The van der Waals surface area contributed by atoms with Gasteiger partial charge >= 0.3 is 0 Å². The van der Waals surface area contributed by atoms with Crippen LogP contribution >= 0.6 is 11.3 Å². The third-order valence-electron chi connectivity index (χ3n) is 2.85. The molecule has 0 aliphatic rings. The quantitative estimate of drug-likeness (QED) is 0.822. The van der Waals surface area contributed by atoms with Gasteiger partial charge in [-0.3, -0.25) is 10.1 Å². The second-order valence-corrected chi connectivity index (χ2v) is 5.86. The molecule has 0 spiro atoms. The summed E-state index contributed by atoms with van der Waals surface area (Å²) >= 11 is 1.35. The molecular weight excluding hydrogens is 292 g/mol. The Labute approximate surface area is 126 Å². The van der Waals surface area contributed by atoms with Crippen molar-refractivity contribution in [3.8, 4) is 0 Å². The van der Waals surface area contributed by atoms with Crippen molar-refractivity contribution in [1.82, 2.24) is 25.2 Å². The van der Waals surface area contributed by atoms with Gasteiger partial charge in [-0.1, -0.05) is 37.3 Å². The lowest BCUT2D eigenvalue weighted by Crippen LogP contribution is -2.21. The number of hydrogen-bond donors (Lipinski definition) is 2. The van der Waals surface area contributed by atoms with Gasteiger partial charge in [0, 0.05) is 0 Å². The van der Waals surface area contributed by atoms with Crippen molar-refractivity contribution in [2.24, 2.45) is 0 Å². The van der Waals surface area contributed by atoms with E-state index >= 15 is 0 Å². The molecule has 2 rings (SSSR count). The Hall–Kier alpha value is -1.87. The van der Waals surface area contributed by atoms with E-state index < -0.39 is 0 Å². The molecule has 1 amide bonds. The minimum absolute atomic E-state index is 0.0293. The van der Waals surface area contributed by atoms with E-state index in [1.54, 1.807) is 0 Å². The van der Waals surface area contributed by atoms with Crippen LogP contribution in [0.4, 0.5) is 5.13 Å². The molecule has 0 aromatic carbocycles. The van der Waals surface area contributed by atoms with Crippen molar-refractivity contribution >= 4 is 22.4 Å². The van der Waals surface area contributed by atoms with Gasteiger partial charge in [-0.05, 0) is 12.3 Å². The number of rotatable bonds is 6. The molecule has 0 aliphatic heterocycles. The number of nitrogens with one attached hydrogen (secondary N) is 1. The summed E-state index contributed by atoms with van der Waals surface area (Å²) in [6.45, 7) is 5.74. The standard InChI is InChI=1S/C12H18N6O2S/c1-4-10-15-16-12(21-10)13-9(20)5-18-11(7(2)3)8(6-19)14-17-18/h7,19H,4-6H2,1-3H3,(H,13,16,20). The van der Waals surface area contributed by atoms with Gasteiger partial charge in [0.1, 0.15) is 17.2 Å². The molecule has 21 heavy (non-hydrogen) atoms. The Bertz CT molecular complexity index is 621. The van der Waals surface area contributed by atoms with Gasteiger partial charge in [-0.2, -0.15) is 0 Å². The second-order valence-electron chi connectivity index (χ2n) is 4.79. The summed E-state index contributed by atoms with van der Waals surface area (Å²) in [4.78, 5) is 12.0. The lowest BCUT2D eigenvalue weighted by Gasteiger charge is -2.09. The van der Waals surface area contributed by atoms with Crippen LogP contribution in [0.3, 0.4) is 0 Å². The molecule has 0 atom stereocenters. The van der Waals surface area contributed by atoms with E-state index in [1.165, 1.54) is 16.0 Å². The zero-order valence-electron chi connectivity index (χ0n) is 12.2. The van der Waals surface area contributed by atoms with Crippen LogP contribution in [0.1, 0.15) is 43.1 Å². The van der Waals surface area contributed by atoms with Crippen LogP contribution < -0.4 is 5.32 Å². The van der Waals surface area contributed by atoms with Crippen molar-refractivity contribution in [3.05, 3.63) is 16.4 Å². The van der Waals surface area contributed by atoms with Gasteiger partial charge in [-0.15, -0.1) is 15.3 Å². The van der Waals surface area contributed by atoms with Crippen LogP contribution in [0.25, 0.3) is 0 Å². The molecule has 0 radical (unpaired) electrons. The highest BCUT2D eigenvalue weighted by Crippen LogP contribution is 2.18. The number of aromatic nitrogens is 5. The molecule has 2 aromatic heterocycles. The summed E-state index contributed by atoms with van der Waals surface area (Å²) in [5.74, 6) is -0.131. The highest BCUT2D eigenvalue weighted by molar-refractivity contribution is 7.15. The minimum atomic E-state index is -0.245. The lowest BCUT2D eigenvalue weighted by atomic mass is 10.1. The van der Waals surface area contributed by atoms with Gasteiger partial charge in [0.15, 0.2) is 0 Å². The van der Waals surface area contributed by atoms with Crippen LogP contribution in [0.2, 0.25) is 0 Å². The molecule has 0 saturated heterocycles. The van der Waals surface area contributed by atoms with Crippen LogP contribution in [-0.4, -0.2) is 36.2 Å². The molecule has 0 bridgehead atoms. The van der Waals surface area contributed by atoms with E-state index in [9.17, 15) is 9.90 Å². The number of aliphatic hydroxyl groups is 1. The Balaban J connectivity index is 2.07. The van der Waals surface area contributed by atoms with Crippen LogP contribution in [0.15, 0.2) is 0 Å². The number of aryl methyl sites for hydroxylation is 1. The Morgan fingerprint density at radius 2 is 2.14 bits per heavy atom. The van der Waals surface area contributed by atoms with Crippen molar-refractivity contribution < 1.29 is 9.90 Å². The number of nitrogens with zero attached hydrogens (tertiary/aromatic N) is 5. The first-order valence-corrected chi connectivity index (χ1v) is 7.52. The number of aliphatic hydroxyl groups excluding tert-OH is 1. The molecule has 0 unspecified atom stereocenters. The molecule has 8 nitrogen and oxygen atoms in total. The molecule has 0 saturated carbocycles. The summed E-state index contributed by atoms with van der Waals surface area (Å²) in [6.07, 6.45) is 0.786. The van der Waals surface area contributed by atoms with E-state index in [4.69, 9.17) is 0 Å². The van der Waals surface area contributed by atoms with Gasteiger partial charge < -0.3 is 5.11 Å². The Kier molecular flexibility index (Phi) is 4.97. The van der Waals surface area contributed by atoms with E-state index in [-0.39, 0.29) is 25.0 Å². The fourth-order valence-electron chi connectivity index (χ4n) is 1.96. The monoisotopic (exact) mass is 310 g/mol. The average molecular weight is 310 g/mol. The first-order chi connectivity index (χ1) is 10.0. The zero-order valence-corrected chi connectivity index (χ0v) is 13.0. The zero-order chi connectivity index (χ0) is 15.4. The van der Waals surface area contributed by atoms with Crippen molar-refractivity contribution in [3.63, 3.8) is 0 Å². The lowest BCUT2D eigenvalue weighted by molar-refractivity contribution is -0.117. The summed E-state index contributed by atoms with van der Waals surface area (Å²) in [5.41, 5.74) is 1.26. The molecule has 114 valence electrons. The van der Waals surface area contributed by atoms with E-state index in [2.05, 4.69) is 25.8 Å². The summed E-state index contributed by atoms with van der Waals surface area (Å²) < 4.78 is 1.51. The summed E-state index contributed by atoms with van der Waals surface area (Å²) in [7, 11) is 0. The number of amides is 1. The highest BCUT2D eigenvalue weighted by Gasteiger charge is 2.18. The fraction of sp³-hybridized carbons (Fsp3) is 0.583. The smallest absolute Gasteiger partial charge is 0.248 e. The molecule has 2 N–H and O–H groups in total. The second kappa shape index (κ2) is 6.72.